The number of aliphatic hydroxyl groups is 1. The summed E-state index contributed by atoms with van der Waals surface area (Å²) in [6, 6.07) is 1.45. The zero-order chi connectivity index (χ0) is 12.7. The number of nitrogens with zero attached hydrogens (tertiary/aromatic N) is 2. The molecule has 0 spiro atoms. The molecule has 1 heterocycles. The zero-order valence-electron chi connectivity index (χ0n) is 9.80. The number of aliphatic hydroxyl groups excluding tert-OH is 1. The molecule has 1 atom stereocenters. The number of hydrogen-bond donors (Lipinski definition) is 4. The Morgan fingerprint density at radius 3 is 2.76 bits per heavy atom. The van der Waals surface area contributed by atoms with Crippen LogP contribution in [0, 0.1) is 0 Å². The minimum absolute atomic E-state index is 0.0438. The van der Waals surface area contributed by atoms with Crippen LogP contribution in [0.15, 0.2) is 11.2 Å². The highest BCUT2D eigenvalue weighted by Crippen LogP contribution is 2.17. The Hall–Kier alpha value is -1.09. The summed E-state index contributed by atoms with van der Waals surface area (Å²) in [4.78, 5) is 8.38. The van der Waals surface area contributed by atoms with Crippen LogP contribution < -0.4 is 16.6 Å². The highest BCUT2D eigenvalue weighted by Gasteiger charge is 2.09. The second-order valence-corrected chi connectivity index (χ2v) is 4.02. The fraction of sp³-hybridized carbons (Fsp3) is 0.556. The summed E-state index contributed by atoms with van der Waals surface area (Å²) in [6.07, 6.45) is 1.87. The van der Waals surface area contributed by atoms with Gasteiger partial charge in [0.25, 0.3) is 0 Å². The Bertz CT molecular complexity index is 330. The van der Waals surface area contributed by atoms with Crippen LogP contribution in [-0.2, 0) is 4.74 Å². The molecular weight excluding hydrogens is 242 g/mol. The number of nitrogens with one attached hydrogen (secondary N) is 2. The molecule has 0 aliphatic carbocycles. The molecular formula is C9H17N5O2S. The van der Waals surface area contributed by atoms with E-state index < -0.39 is 0 Å². The first-order valence-corrected chi connectivity index (χ1v) is 6.22. The number of hydrazine groups is 1. The molecule has 1 aromatic heterocycles. The molecule has 0 radical (unpaired) electrons. The normalized spacial score (nSPS) is 12.2. The van der Waals surface area contributed by atoms with Crippen molar-refractivity contribution in [2.75, 3.05) is 37.3 Å². The van der Waals surface area contributed by atoms with Gasteiger partial charge in [0.05, 0.1) is 19.3 Å². The SMILES string of the molecule is COCC(CO)Nc1cc(NN)nc(SC)n1. The maximum absolute atomic E-state index is 9.14. The van der Waals surface area contributed by atoms with E-state index in [0.29, 0.717) is 23.4 Å². The first-order chi connectivity index (χ1) is 8.23. The minimum Gasteiger partial charge on any atom is -0.394 e. The van der Waals surface area contributed by atoms with Crippen LogP contribution in [0.1, 0.15) is 0 Å². The molecule has 0 aliphatic rings. The van der Waals surface area contributed by atoms with Gasteiger partial charge in [-0.2, -0.15) is 0 Å². The fourth-order valence-corrected chi connectivity index (χ4v) is 1.59. The Balaban J connectivity index is 2.81. The van der Waals surface area contributed by atoms with Crippen LogP contribution in [0.2, 0.25) is 0 Å². The third-order valence-electron chi connectivity index (χ3n) is 1.98. The molecule has 1 aromatic rings. The summed E-state index contributed by atoms with van der Waals surface area (Å²) >= 11 is 1.41. The fourth-order valence-electron chi connectivity index (χ4n) is 1.21. The van der Waals surface area contributed by atoms with Crippen molar-refractivity contribution in [1.29, 1.82) is 0 Å². The van der Waals surface area contributed by atoms with Crippen molar-refractivity contribution in [1.82, 2.24) is 9.97 Å². The standard InChI is InChI=1S/C9H17N5O2S/c1-16-5-6(4-15)11-7-3-8(14-10)13-9(12-7)17-2/h3,6,15H,4-5,10H2,1-2H3,(H2,11,12,13,14). The third-order valence-corrected chi connectivity index (χ3v) is 2.52. The number of aromatic nitrogens is 2. The van der Waals surface area contributed by atoms with E-state index in [2.05, 4.69) is 20.7 Å². The topological polar surface area (TPSA) is 105 Å². The molecule has 5 N–H and O–H groups in total. The van der Waals surface area contributed by atoms with Crippen LogP contribution in [0.5, 0.6) is 0 Å². The van der Waals surface area contributed by atoms with Gasteiger partial charge in [0.1, 0.15) is 11.6 Å². The molecule has 0 aliphatic heterocycles. The van der Waals surface area contributed by atoms with Crippen molar-refractivity contribution in [3.63, 3.8) is 0 Å². The Kier molecular flexibility index (Phi) is 5.98. The molecule has 96 valence electrons. The second-order valence-electron chi connectivity index (χ2n) is 3.25. The van der Waals surface area contributed by atoms with E-state index in [9.17, 15) is 0 Å². The molecule has 0 aromatic carbocycles. The molecule has 0 amide bonds. The number of hydrogen-bond acceptors (Lipinski definition) is 8. The quantitative estimate of drug-likeness (QED) is 0.233. The van der Waals surface area contributed by atoms with Crippen molar-refractivity contribution in [3.05, 3.63) is 6.07 Å². The summed E-state index contributed by atoms with van der Waals surface area (Å²) in [5.74, 6) is 6.42. The van der Waals surface area contributed by atoms with Crippen LogP contribution in [-0.4, -0.2) is 47.7 Å². The van der Waals surface area contributed by atoms with E-state index >= 15 is 0 Å². The highest BCUT2D eigenvalue weighted by atomic mass is 32.2. The van der Waals surface area contributed by atoms with Crippen molar-refractivity contribution in [3.8, 4) is 0 Å². The van der Waals surface area contributed by atoms with Gasteiger partial charge in [-0.15, -0.1) is 0 Å². The van der Waals surface area contributed by atoms with Gasteiger partial charge in [0.2, 0.25) is 0 Å². The van der Waals surface area contributed by atoms with Gasteiger partial charge in [0, 0.05) is 13.2 Å². The van der Waals surface area contributed by atoms with Crippen LogP contribution in [0.25, 0.3) is 0 Å². The molecule has 1 unspecified atom stereocenters. The van der Waals surface area contributed by atoms with Gasteiger partial charge in [-0.25, -0.2) is 15.8 Å². The molecule has 0 fully saturated rings. The Morgan fingerprint density at radius 1 is 1.53 bits per heavy atom. The molecule has 0 saturated carbocycles. The molecule has 0 saturated heterocycles. The van der Waals surface area contributed by atoms with E-state index in [4.69, 9.17) is 15.7 Å². The monoisotopic (exact) mass is 259 g/mol. The van der Waals surface area contributed by atoms with Crippen LogP contribution in [0.3, 0.4) is 0 Å². The summed E-state index contributed by atoms with van der Waals surface area (Å²) in [7, 11) is 1.57. The third kappa shape index (κ3) is 4.35. The summed E-state index contributed by atoms with van der Waals surface area (Å²) in [5.41, 5.74) is 2.47. The van der Waals surface area contributed by atoms with Crippen LogP contribution >= 0.6 is 11.8 Å². The molecule has 17 heavy (non-hydrogen) atoms. The van der Waals surface area contributed by atoms with Gasteiger partial charge in [0.15, 0.2) is 5.16 Å². The smallest absolute Gasteiger partial charge is 0.191 e. The van der Waals surface area contributed by atoms with Crippen molar-refractivity contribution < 1.29 is 9.84 Å². The van der Waals surface area contributed by atoms with Gasteiger partial charge in [-0.3, -0.25) is 0 Å². The Morgan fingerprint density at radius 2 is 2.24 bits per heavy atom. The van der Waals surface area contributed by atoms with Crippen molar-refractivity contribution >= 4 is 23.4 Å². The number of methoxy groups -OCH3 is 1. The lowest BCUT2D eigenvalue weighted by atomic mass is 10.3. The summed E-state index contributed by atoms with van der Waals surface area (Å²) in [6.45, 7) is 0.346. The first kappa shape index (κ1) is 14.0. The first-order valence-electron chi connectivity index (χ1n) is 4.99. The van der Waals surface area contributed by atoms with E-state index in [-0.39, 0.29) is 12.6 Å². The predicted octanol–water partition coefficient (Wildman–Crippen LogP) is -0.0967. The number of thioether (sulfide) groups is 1. The number of anilines is 2. The largest absolute Gasteiger partial charge is 0.394 e. The minimum atomic E-state index is -0.213. The van der Waals surface area contributed by atoms with E-state index in [1.54, 1.807) is 13.2 Å². The van der Waals surface area contributed by atoms with Gasteiger partial charge < -0.3 is 20.6 Å². The average Bonchev–Trinajstić information content (AvgIpc) is 2.37. The second kappa shape index (κ2) is 7.28. The predicted molar refractivity (Wildman–Crippen MR) is 68.0 cm³/mol. The number of rotatable bonds is 7. The zero-order valence-corrected chi connectivity index (χ0v) is 10.6. The van der Waals surface area contributed by atoms with Gasteiger partial charge in [-0.05, 0) is 6.26 Å². The lowest BCUT2D eigenvalue weighted by molar-refractivity contribution is 0.153. The maximum Gasteiger partial charge on any atom is 0.191 e. The van der Waals surface area contributed by atoms with E-state index in [1.165, 1.54) is 11.8 Å². The molecule has 7 nitrogen and oxygen atoms in total. The van der Waals surface area contributed by atoms with Crippen molar-refractivity contribution in [2.24, 2.45) is 5.84 Å². The number of nitrogen functional groups attached to an aromatic ring is 1. The lowest BCUT2D eigenvalue weighted by Gasteiger charge is -2.16. The molecule has 0 bridgehead atoms. The van der Waals surface area contributed by atoms with Gasteiger partial charge >= 0.3 is 0 Å². The summed E-state index contributed by atoms with van der Waals surface area (Å²) in [5, 5.41) is 12.8. The summed E-state index contributed by atoms with van der Waals surface area (Å²) < 4.78 is 4.97. The molecule has 8 heteroatoms. The van der Waals surface area contributed by atoms with Crippen LogP contribution in [0.4, 0.5) is 11.6 Å². The number of ether oxygens (including phenoxy) is 1. The van der Waals surface area contributed by atoms with E-state index in [0.717, 1.165) is 0 Å². The van der Waals surface area contributed by atoms with Gasteiger partial charge in [-0.1, -0.05) is 11.8 Å². The highest BCUT2D eigenvalue weighted by molar-refractivity contribution is 7.98. The molecule has 1 rings (SSSR count). The Labute approximate surface area is 104 Å². The maximum atomic E-state index is 9.14. The lowest BCUT2D eigenvalue weighted by Crippen LogP contribution is -2.29. The number of nitrogens with two attached hydrogens (primary N) is 1. The average molecular weight is 259 g/mol. The van der Waals surface area contributed by atoms with E-state index in [1.807, 2.05) is 6.26 Å². The van der Waals surface area contributed by atoms with Crippen molar-refractivity contribution in [2.45, 2.75) is 11.2 Å².